The van der Waals surface area contributed by atoms with E-state index in [4.69, 9.17) is 11.6 Å². The smallest absolute Gasteiger partial charge is 0.255 e. The minimum Gasteiger partial charge on any atom is -0.318 e. The normalized spacial score (nSPS) is 10.8. The molecule has 7 nitrogen and oxygen atoms in total. The zero-order valence-electron chi connectivity index (χ0n) is 12.8. The highest BCUT2D eigenvalue weighted by molar-refractivity contribution is 6.31. The van der Waals surface area contributed by atoms with Gasteiger partial charge in [0, 0.05) is 23.0 Å². The van der Waals surface area contributed by atoms with E-state index in [-0.39, 0.29) is 5.91 Å². The predicted molar refractivity (Wildman–Crippen MR) is 93.4 cm³/mol. The van der Waals surface area contributed by atoms with Gasteiger partial charge in [0.1, 0.15) is 18.3 Å². The van der Waals surface area contributed by atoms with Crippen LogP contribution in [0.5, 0.6) is 0 Å². The van der Waals surface area contributed by atoms with Crippen molar-refractivity contribution in [3.05, 3.63) is 72.0 Å². The first-order valence-corrected chi connectivity index (χ1v) is 7.76. The van der Waals surface area contributed by atoms with E-state index >= 15 is 0 Å². The molecule has 122 valence electrons. The van der Waals surface area contributed by atoms with Crippen LogP contribution in [0.25, 0.3) is 16.9 Å². The minimum atomic E-state index is -0.287. The van der Waals surface area contributed by atoms with Crippen molar-refractivity contribution in [1.29, 1.82) is 0 Å². The van der Waals surface area contributed by atoms with E-state index in [9.17, 15) is 4.79 Å². The van der Waals surface area contributed by atoms with E-state index in [0.29, 0.717) is 33.2 Å². The van der Waals surface area contributed by atoms with Gasteiger partial charge in [0.15, 0.2) is 0 Å². The maximum Gasteiger partial charge on any atom is 0.255 e. The Balaban J connectivity index is 1.81. The van der Waals surface area contributed by atoms with E-state index in [0.717, 1.165) is 0 Å². The number of anilines is 1. The van der Waals surface area contributed by atoms with Crippen LogP contribution in [0.4, 0.5) is 5.69 Å². The third-order valence-corrected chi connectivity index (χ3v) is 3.83. The zero-order chi connectivity index (χ0) is 17.2. The maximum atomic E-state index is 12.6. The Bertz CT molecular complexity index is 1060. The van der Waals surface area contributed by atoms with Crippen molar-refractivity contribution in [1.82, 2.24) is 24.6 Å². The summed E-state index contributed by atoms with van der Waals surface area (Å²) in [5, 5.41) is 7.87. The van der Waals surface area contributed by atoms with Gasteiger partial charge in [-0.15, -0.1) is 0 Å². The van der Waals surface area contributed by atoms with Crippen molar-refractivity contribution in [2.75, 3.05) is 5.32 Å². The lowest BCUT2D eigenvalue weighted by Crippen LogP contribution is -2.12. The summed E-state index contributed by atoms with van der Waals surface area (Å²) >= 11 is 5.97. The largest absolute Gasteiger partial charge is 0.318 e. The molecule has 0 atom stereocenters. The Kier molecular flexibility index (Phi) is 3.83. The molecule has 0 unspecified atom stereocenters. The van der Waals surface area contributed by atoms with Crippen LogP contribution in [0.3, 0.4) is 0 Å². The lowest BCUT2D eigenvalue weighted by atomic mass is 10.2. The molecule has 0 spiro atoms. The number of hydrogen-bond donors (Lipinski definition) is 1. The molecule has 8 heteroatoms. The number of aromatic nitrogens is 5. The summed E-state index contributed by atoms with van der Waals surface area (Å²) in [5.41, 5.74) is 2.84. The zero-order valence-corrected chi connectivity index (χ0v) is 13.6. The number of nitrogens with zero attached hydrogens (tertiary/aromatic N) is 5. The first-order valence-electron chi connectivity index (χ1n) is 7.38. The van der Waals surface area contributed by atoms with Gasteiger partial charge in [0.25, 0.3) is 5.91 Å². The molecule has 4 rings (SSSR count). The summed E-state index contributed by atoms with van der Waals surface area (Å²) in [4.78, 5) is 24.8. The molecule has 3 aromatic heterocycles. The second-order valence-corrected chi connectivity index (χ2v) is 5.63. The number of carbonyl (C=O) groups is 1. The molecule has 0 radical (unpaired) electrons. The number of amides is 1. The lowest BCUT2D eigenvalue weighted by Gasteiger charge is -2.06. The molecule has 0 aliphatic rings. The Labute approximate surface area is 147 Å². The molecular weight excluding hydrogens is 340 g/mol. The van der Waals surface area contributed by atoms with Crippen molar-refractivity contribution in [3.63, 3.8) is 0 Å². The Hall–Kier alpha value is -3.32. The topological polar surface area (TPSA) is 85.1 Å². The Morgan fingerprint density at radius 2 is 2.00 bits per heavy atom. The Morgan fingerprint density at radius 3 is 2.80 bits per heavy atom. The Morgan fingerprint density at radius 1 is 1.12 bits per heavy atom. The van der Waals surface area contributed by atoms with Gasteiger partial charge in [-0.05, 0) is 30.3 Å². The molecule has 0 bridgehead atoms. The molecule has 1 N–H and O–H groups in total. The quantitative estimate of drug-likeness (QED) is 0.613. The van der Waals surface area contributed by atoms with Crippen LogP contribution in [0.15, 0.2) is 61.4 Å². The van der Waals surface area contributed by atoms with Crippen LogP contribution in [-0.4, -0.2) is 30.5 Å². The SMILES string of the molecule is O=C(Nc1c(-c2ccncn2)nn2cnccc12)c1cccc(Cl)c1. The third kappa shape index (κ3) is 2.92. The van der Waals surface area contributed by atoms with Crippen LogP contribution < -0.4 is 5.32 Å². The van der Waals surface area contributed by atoms with Gasteiger partial charge in [-0.2, -0.15) is 5.10 Å². The number of benzene rings is 1. The first-order chi connectivity index (χ1) is 12.2. The first kappa shape index (κ1) is 15.2. The van der Waals surface area contributed by atoms with Gasteiger partial charge in [-0.3, -0.25) is 4.79 Å². The molecule has 25 heavy (non-hydrogen) atoms. The van der Waals surface area contributed by atoms with Crippen LogP contribution in [-0.2, 0) is 0 Å². The van der Waals surface area contributed by atoms with E-state index in [1.165, 1.54) is 6.33 Å². The van der Waals surface area contributed by atoms with Gasteiger partial charge in [0.05, 0.1) is 16.9 Å². The summed E-state index contributed by atoms with van der Waals surface area (Å²) in [5.74, 6) is -0.287. The average Bonchev–Trinajstić information content (AvgIpc) is 3.01. The minimum absolute atomic E-state index is 0.287. The number of hydrogen-bond acceptors (Lipinski definition) is 5. The van der Waals surface area contributed by atoms with Gasteiger partial charge >= 0.3 is 0 Å². The lowest BCUT2D eigenvalue weighted by molar-refractivity contribution is 0.102. The van der Waals surface area contributed by atoms with Gasteiger partial charge in [-0.25, -0.2) is 19.5 Å². The molecule has 3 heterocycles. The molecule has 1 amide bonds. The highest BCUT2D eigenvalue weighted by atomic mass is 35.5. The summed E-state index contributed by atoms with van der Waals surface area (Å²) < 4.78 is 1.59. The maximum absolute atomic E-state index is 12.6. The van der Waals surface area contributed by atoms with E-state index in [1.807, 2.05) is 0 Å². The number of rotatable bonds is 3. The molecule has 0 aliphatic carbocycles. The standard InChI is InChI=1S/C17H11ClN6O/c18-12-3-1-2-11(8-12)17(25)22-16-14-5-7-20-10-24(14)23-15(16)13-4-6-19-9-21-13/h1-10H,(H,22,25). The summed E-state index contributed by atoms with van der Waals surface area (Å²) in [6.07, 6.45) is 6.25. The molecule has 4 aromatic rings. The number of nitrogens with one attached hydrogen (secondary N) is 1. The van der Waals surface area contributed by atoms with Crippen molar-refractivity contribution in [2.45, 2.75) is 0 Å². The van der Waals surface area contributed by atoms with E-state index < -0.39 is 0 Å². The fourth-order valence-electron chi connectivity index (χ4n) is 2.46. The fraction of sp³-hybridized carbons (Fsp3) is 0. The van der Waals surface area contributed by atoms with Crippen LogP contribution in [0, 0.1) is 0 Å². The van der Waals surface area contributed by atoms with Gasteiger partial charge < -0.3 is 5.32 Å². The molecule has 1 aromatic carbocycles. The average molecular weight is 351 g/mol. The van der Waals surface area contributed by atoms with Gasteiger partial charge in [-0.1, -0.05) is 17.7 Å². The molecule has 0 fully saturated rings. The van der Waals surface area contributed by atoms with E-state index in [2.05, 4.69) is 25.4 Å². The second kappa shape index (κ2) is 6.29. The number of carbonyl (C=O) groups excluding carboxylic acids is 1. The van der Waals surface area contributed by atoms with Crippen LogP contribution in [0.1, 0.15) is 10.4 Å². The predicted octanol–water partition coefficient (Wildman–Crippen LogP) is 3.09. The third-order valence-electron chi connectivity index (χ3n) is 3.59. The fourth-order valence-corrected chi connectivity index (χ4v) is 2.65. The molecular formula is C17H11ClN6O. The van der Waals surface area contributed by atoms with Crippen molar-refractivity contribution in [2.24, 2.45) is 0 Å². The second-order valence-electron chi connectivity index (χ2n) is 5.19. The van der Waals surface area contributed by atoms with Crippen LogP contribution >= 0.6 is 11.6 Å². The van der Waals surface area contributed by atoms with Crippen molar-refractivity contribution >= 4 is 28.7 Å². The highest BCUT2D eigenvalue weighted by Gasteiger charge is 2.18. The molecule has 0 saturated carbocycles. The van der Waals surface area contributed by atoms with Crippen LogP contribution in [0.2, 0.25) is 5.02 Å². The monoisotopic (exact) mass is 350 g/mol. The number of halogens is 1. The number of fused-ring (bicyclic) bond motifs is 1. The summed E-state index contributed by atoms with van der Waals surface area (Å²) in [7, 11) is 0. The summed E-state index contributed by atoms with van der Waals surface area (Å²) in [6, 6.07) is 10.2. The van der Waals surface area contributed by atoms with Crippen molar-refractivity contribution < 1.29 is 4.79 Å². The summed E-state index contributed by atoms with van der Waals surface area (Å²) in [6.45, 7) is 0. The van der Waals surface area contributed by atoms with E-state index in [1.54, 1.807) is 59.6 Å². The highest BCUT2D eigenvalue weighted by Crippen LogP contribution is 2.29. The van der Waals surface area contributed by atoms with Gasteiger partial charge in [0.2, 0.25) is 0 Å². The molecule has 0 saturated heterocycles. The molecule has 0 aliphatic heterocycles. The van der Waals surface area contributed by atoms with Crippen molar-refractivity contribution in [3.8, 4) is 11.4 Å².